The molecule has 3 aromatic rings. The molecule has 0 spiro atoms. The molecule has 0 aliphatic carbocycles. The smallest absolute Gasteiger partial charge is 0.220 e. The van der Waals surface area contributed by atoms with Gasteiger partial charge in [-0.15, -0.1) is 11.3 Å². The van der Waals surface area contributed by atoms with Gasteiger partial charge in [0.1, 0.15) is 11.9 Å². The lowest BCUT2D eigenvalue weighted by Gasteiger charge is -2.13. The van der Waals surface area contributed by atoms with E-state index in [9.17, 15) is 4.79 Å². The second-order valence-corrected chi connectivity index (χ2v) is 8.23. The number of nitrogens with zero attached hydrogens (tertiary/aromatic N) is 1. The monoisotopic (exact) mass is 392 g/mol. The highest BCUT2D eigenvalue weighted by atomic mass is 32.1. The fourth-order valence-corrected chi connectivity index (χ4v) is 4.23. The molecule has 28 heavy (non-hydrogen) atoms. The molecule has 1 atom stereocenters. The van der Waals surface area contributed by atoms with Gasteiger partial charge >= 0.3 is 0 Å². The molecule has 5 heteroatoms. The number of benzene rings is 1. The minimum atomic E-state index is -0.0251. The van der Waals surface area contributed by atoms with E-state index < -0.39 is 0 Å². The van der Waals surface area contributed by atoms with Crippen LogP contribution in [0, 0.1) is 6.92 Å². The van der Waals surface area contributed by atoms with Crippen molar-refractivity contribution in [1.29, 1.82) is 0 Å². The van der Waals surface area contributed by atoms with E-state index in [1.165, 1.54) is 10.4 Å². The van der Waals surface area contributed by atoms with Crippen molar-refractivity contribution < 1.29 is 9.53 Å². The number of amides is 1. The summed E-state index contributed by atoms with van der Waals surface area (Å²) in [6, 6.07) is 14.4. The number of thiophene rings is 1. The third kappa shape index (κ3) is 4.42. The third-order valence-electron chi connectivity index (χ3n) is 4.95. The molecule has 0 radical (unpaired) electrons. The topological polar surface area (TPSA) is 51.2 Å². The molecule has 1 N–H and O–H groups in total. The van der Waals surface area contributed by atoms with Crippen molar-refractivity contribution in [3.05, 3.63) is 70.0 Å². The van der Waals surface area contributed by atoms with Crippen LogP contribution < -0.4 is 10.1 Å². The maximum atomic E-state index is 12.1. The van der Waals surface area contributed by atoms with Gasteiger partial charge in [-0.05, 0) is 54.5 Å². The lowest BCUT2D eigenvalue weighted by Crippen LogP contribution is -2.34. The number of hydrogen-bond acceptors (Lipinski definition) is 4. The molecule has 144 valence electrons. The first-order valence-corrected chi connectivity index (χ1v) is 10.6. The number of ether oxygens (including phenoxy) is 1. The Balaban J connectivity index is 1.30. The van der Waals surface area contributed by atoms with E-state index in [2.05, 4.69) is 39.9 Å². The van der Waals surface area contributed by atoms with Crippen molar-refractivity contribution >= 4 is 17.2 Å². The number of carbonyl (C=O) groups excluding carboxylic acids is 1. The van der Waals surface area contributed by atoms with Gasteiger partial charge in [-0.1, -0.05) is 24.3 Å². The summed E-state index contributed by atoms with van der Waals surface area (Å²) in [5.74, 6) is 0.993. The average Bonchev–Trinajstić information content (AvgIpc) is 3.36. The minimum absolute atomic E-state index is 0.0251. The van der Waals surface area contributed by atoms with Crippen LogP contribution in [0.3, 0.4) is 0 Å². The SMILES string of the molecule is Cc1ccc(-c2cccc3c2OC(CNC(=O)CCCc2cccs2)C3)nc1. The summed E-state index contributed by atoms with van der Waals surface area (Å²) >= 11 is 1.74. The zero-order valence-electron chi connectivity index (χ0n) is 16.0. The van der Waals surface area contributed by atoms with E-state index >= 15 is 0 Å². The Bertz CT molecular complexity index is 936. The van der Waals surface area contributed by atoms with Crippen LogP contribution in [0.15, 0.2) is 54.0 Å². The molecule has 4 rings (SSSR count). The first kappa shape index (κ1) is 18.7. The quantitative estimate of drug-likeness (QED) is 0.641. The molecule has 1 unspecified atom stereocenters. The zero-order valence-corrected chi connectivity index (χ0v) is 16.8. The summed E-state index contributed by atoms with van der Waals surface area (Å²) in [4.78, 5) is 18.0. The Morgan fingerprint density at radius 3 is 2.96 bits per heavy atom. The number of nitrogens with one attached hydrogen (secondary N) is 1. The molecular formula is C23H24N2O2S. The normalized spacial score (nSPS) is 15.1. The second-order valence-electron chi connectivity index (χ2n) is 7.20. The summed E-state index contributed by atoms with van der Waals surface area (Å²) in [6.07, 6.45) is 5.05. The first-order valence-electron chi connectivity index (χ1n) is 9.70. The lowest BCUT2D eigenvalue weighted by molar-refractivity contribution is -0.121. The van der Waals surface area contributed by atoms with Gasteiger partial charge in [0.25, 0.3) is 0 Å². The zero-order chi connectivity index (χ0) is 19.3. The summed E-state index contributed by atoms with van der Waals surface area (Å²) in [5.41, 5.74) is 4.25. The first-order chi connectivity index (χ1) is 13.7. The van der Waals surface area contributed by atoms with Gasteiger partial charge in [-0.3, -0.25) is 9.78 Å². The average molecular weight is 393 g/mol. The fourth-order valence-electron chi connectivity index (χ4n) is 3.48. The van der Waals surface area contributed by atoms with E-state index in [-0.39, 0.29) is 12.0 Å². The summed E-state index contributed by atoms with van der Waals surface area (Å²) in [5, 5.41) is 5.10. The maximum Gasteiger partial charge on any atom is 0.220 e. The predicted molar refractivity (Wildman–Crippen MR) is 113 cm³/mol. The molecule has 1 aromatic carbocycles. The second kappa shape index (κ2) is 8.57. The highest BCUT2D eigenvalue weighted by molar-refractivity contribution is 7.09. The Morgan fingerprint density at radius 1 is 1.25 bits per heavy atom. The number of rotatable bonds is 7. The van der Waals surface area contributed by atoms with E-state index in [0.29, 0.717) is 13.0 Å². The number of aromatic nitrogens is 1. The van der Waals surface area contributed by atoms with E-state index in [1.54, 1.807) is 11.3 Å². The Morgan fingerprint density at radius 2 is 2.18 bits per heavy atom. The van der Waals surface area contributed by atoms with Crippen LogP contribution in [0.4, 0.5) is 0 Å². The van der Waals surface area contributed by atoms with E-state index in [4.69, 9.17) is 4.74 Å². The number of hydrogen-bond donors (Lipinski definition) is 1. The van der Waals surface area contributed by atoms with Crippen molar-refractivity contribution in [2.45, 2.75) is 38.7 Å². The predicted octanol–water partition coefficient (Wildman–Crippen LogP) is 4.56. The Kier molecular flexibility index (Phi) is 5.72. The van der Waals surface area contributed by atoms with Crippen LogP contribution in [0.25, 0.3) is 11.3 Å². The number of aryl methyl sites for hydroxylation is 2. The molecule has 1 amide bonds. The molecule has 0 fully saturated rings. The molecular weight excluding hydrogens is 368 g/mol. The summed E-state index contributed by atoms with van der Waals surface area (Å²) in [6.45, 7) is 2.56. The molecule has 3 heterocycles. The van der Waals surface area contributed by atoms with Gasteiger partial charge in [0.2, 0.25) is 5.91 Å². The van der Waals surface area contributed by atoms with Gasteiger partial charge in [0.05, 0.1) is 12.2 Å². The van der Waals surface area contributed by atoms with E-state index in [1.807, 2.05) is 31.3 Å². The van der Waals surface area contributed by atoms with Crippen molar-refractivity contribution in [2.75, 3.05) is 6.54 Å². The molecule has 4 nitrogen and oxygen atoms in total. The van der Waals surface area contributed by atoms with Crippen LogP contribution in [0.5, 0.6) is 5.75 Å². The van der Waals surface area contributed by atoms with Crippen LogP contribution >= 0.6 is 11.3 Å². The number of pyridine rings is 1. The van der Waals surface area contributed by atoms with E-state index in [0.717, 1.165) is 41.8 Å². The van der Waals surface area contributed by atoms with Gasteiger partial charge in [0.15, 0.2) is 0 Å². The largest absolute Gasteiger partial charge is 0.487 e. The third-order valence-corrected chi connectivity index (χ3v) is 5.89. The standard InChI is InChI=1S/C23H24N2O2S/c1-16-10-11-21(24-14-16)20-8-2-5-17-13-18(27-23(17)20)15-25-22(26)9-3-6-19-7-4-12-28-19/h2,4-5,7-8,10-12,14,18H,3,6,9,13,15H2,1H3,(H,25,26). The molecule has 0 saturated heterocycles. The van der Waals surface area contributed by atoms with Gasteiger partial charge in [-0.2, -0.15) is 0 Å². The number of carbonyl (C=O) groups is 1. The van der Waals surface area contributed by atoms with Crippen molar-refractivity contribution in [3.63, 3.8) is 0 Å². The van der Waals surface area contributed by atoms with Gasteiger partial charge in [0, 0.05) is 29.5 Å². The molecule has 0 saturated carbocycles. The van der Waals surface area contributed by atoms with Crippen molar-refractivity contribution in [3.8, 4) is 17.0 Å². The van der Waals surface area contributed by atoms with Crippen molar-refractivity contribution in [1.82, 2.24) is 10.3 Å². The van der Waals surface area contributed by atoms with Crippen LogP contribution in [-0.2, 0) is 17.6 Å². The Labute approximate surface area is 169 Å². The molecule has 2 aromatic heterocycles. The highest BCUT2D eigenvalue weighted by Gasteiger charge is 2.26. The van der Waals surface area contributed by atoms with Crippen molar-refractivity contribution in [2.24, 2.45) is 0 Å². The lowest BCUT2D eigenvalue weighted by atomic mass is 10.0. The minimum Gasteiger partial charge on any atom is -0.487 e. The van der Waals surface area contributed by atoms with Crippen LogP contribution in [-0.4, -0.2) is 23.5 Å². The fraction of sp³-hybridized carbons (Fsp3) is 0.304. The van der Waals surface area contributed by atoms with Gasteiger partial charge in [-0.25, -0.2) is 0 Å². The number of para-hydroxylation sites is 1. The summed E-state index contributed by atoms with van der Waals surface area (Å²) < 4.78 is 6.18. The Hall–Kier alpha value is -2.66. The maximum absolute atomic E-state index is 12.1. The van der Waals surface area contributed by atoms with Crippen LogP contribution in [0.1, 0.15) is 28.8 Å². The molecule has 1 aliphatic rings. The highest BCUT2D eigenvalue weighted by Crippen LogP contribution is 2.37. The van der Waals surface area contributed by atoms with Crippen LogP contribution in [0.2, 0.25) is 0 Å². The van der Waals surface area contributed by atoms with Gasteiger partial charge < -0.3 is 10.1 Å². The molecule has 0 bridgehead atoms. The number of fused-ring (bicyclic) bond motifs is 1. The molecule has 1 aliphatic heterocycles. The summed E-state index contributed by atoms with van der Waals surface area (Å²) in [7, 11) is 0.